The number of amidine groups is 1. The molecule has 1 atom stereocenters. The van der Waals surface area contributed by atoms with Crippen molar-refractivity contribution < 1.29 is 4.79 Å². The molecule has 0 aliphatic carbocycles. The molecule has 8 heteroatoms. The number of nitrogens with two attached hydrogens (primary N) is 2. The Bertz CT molecular complexity index is 720. The number of nitrogens with zero attached hydrogens (tertiary/aromatic N) is 2. The summed E-state index contributed by atoms with van der Waals surface area (Å²) >= 11 is 1.87. The lowest BCUT2D eigenvalue weighted by Crippen LogP contribution is -2.28. The molecule has 27 heavy (non-hydrogen) atoms. The molecule has 0 radical (unpaired) electrons. The van der Waals surface area contributed by atoms with Crippen molar-refractivity contribution in [2.45, 2.75) is 19.4 Å². The number of nitrogens with one attached hydrogen (secondary N) is 2. The van der Waals surface area contributed by atoms with Crippen LogP contribution in [0.4, 0.5) is 16.3 Å². The second kappa shape index (κ2) is 11.1. The Labute approximate surface area is 164 Å². The standard InChI is InChI=1S/C13H20N6OS.C6H6/c1-2-16-13(20)19-11-5-10(14)9(6-17-11)12(15)18-8-3-4-21-7-8;1-2-4-6-5-3-1/h5-6,8H,2-4,7H2,1H3,(H2,15,18)(H4,14,16,17,19,20);1-6H. The third-order valence-corrected chi connectivity index (χ3v) is 4.83. The number of rotatable bonds is 4. The van der Waals surface area contributed by atoms with Crippen LogP contribution in [0.25, 0.3) is 0 Å². The third-order valence-electron chi connectivity index (χ3n) is 3.68. The lowest BCUT2D eigenvalue weighted by atomic mass is 10.2. The number of thioether (sulfide) groups is 1. The highest BCUT2D eigenvalue weighted by Crippen LogP contribution is 2.21. The Morgan fingerprint density at radius 3 is 2.48 bits per heavy atom. The minimum atomic E-state index is -0.318. The average molecular weight is 387 g/mol. The van der Waals surface area contributed by atoms with Crippen molar-refractivity contribution in [2.24, 2.45) is 10.7 Å². The Hall–Kier alpha value is -2.74. The van der Waals surface area contributed by atoms with Crippen LogP contribution in [0.2, 0.25) is 0 Å². The quantitative estimate of drug-likeness (QED) is 0.476. The van der Waals surface area contributed by atoms with Gasteiger partial charge in [0.1, 0.15) is 11.7 Å². The first-order valence-corrected chi connectivity index (χ1v) is 9.97. The van der Waals surface area contributed by atoms with E-state index in [9.17, 15) is 4.79 Å². The molecule has 1 aliphatic rings. The smallest absolute Gasteiger partial charge is 0.320 e. The summed E-state index contributed by atoms with van der Waals surface area (Å²) < 4.78 is 0. The van der Waals surface area contributed by atoms with E-state index in [1.807, 2.05) is 55.1 Å². The van der Waals surface area contributed by atoms with E-state index in [2.05, 4.69) is 20.6 Å². The third kappa shape index (κ3) is 7.18. The predicted octanol–water partition coefficient (Wildman–Crippen LogP) is 2.70. The molecule has 1 saturated heterocycles. The van der Waals surface area contributed by atoms with Crippen LogP contribution >= 0.6 is 11.8 Å². The monoisotopic (exact) mass is 386 g/mol. The van der Waals surface area contributed by atoms with Crippen molar-refractivity contribution in [1.82, 2.24) is 10.3 Å². The highest BCUT2D eigenvalue weighted by molar-refractivity contribution is 7.99. The van der Waals surface area contributed by atoms with Gasteiger partial charge in [-0.2, -0.15) is 11.8 Å². The maximum Gasteiger partial charge on any atom is 0.320 e. The van der Waals surface area contributed by atoms with E-state index in [1.165, 1.54) is 6.20 Å². The maximum atomic E-state index is 11.4. The number of pyridine rings is 1. The van der Waals surface area contributed by atoms with Gasteiger partial charge >= 0.3 is 6.03 Å². The number of hydrogen-bond donors (Lipinski definition) is 4. The Kier molecular flexibility index (Phi) is 8.44. The molecule has 7 nitrogen and oxygen atoms in total. The minimum absolute atomic E-state index is 0.252. The zero-order valence-corrected chi connectivity index (χ0v) is 16.2. The van der Waals surface area contributed by atoms with E-state index in [0.717, 1.165) is 17.9 Å². The first-order valence-electron chi connectivity index (χ1n) is 8.82. The van der Waals surface area contributed by atoms with Gasteiger partial charge in [0, 0.05) is 30.2 Å². The van der Waals surface area contributed by atoms with E-state index >= 15 is 0 Å². The molecule has 144 valence electrons. The zero-order chi connectivity index (χ0) is 19.5. The van der Waals surface area contributed by atoms with Crippen LogP contribution in [0.5, 0.6) is 0 Å². The number of carbonyl (C=O) groups excluding carboxylic acids is 1. The topological polar surface area (TPSA) is 118 Å². The summed E-state index contributed by atoms with van der Waals surface area (Å²) in [5, 5.41) is 5.22. The number of amides is 2. The van der Waals surface area contributed by atoms with Crippen molar-refractivity contribution in [3.8, 4) is 0 Å². The fraction of sp³-hybridized carbons (Fsp3) is 0.316. The van der Waals surface area contributed by atoms with Crippen molar-refractivity contribution in [3.05, 3.63) is 54.2 Å². The molecule has 1 fully saturated rings. The lowest BCUT2D eigenvalue weighted by Gasteiger charge is -2.10. The van der Waals surface area contributed by atoms with Crippen LogP contribution in [-0.2, 0) is 0 Å². The van der Waals surface area contributed by atoms with Gasteiger partial charge in [0.2, 0.25) is 0 Å². The molecule has 0 spiro atoms. The number of hydrogen-bond acceptors (Lipinski definition) is 5. The van der Waals surface area contributed by atoms with E-state index in [-0.39, 0.29) is 12.1 Å². The number of urea groups is 1. The van der Waals surface area contributed by atoms with E-state index in [1.54, 1.807) is 6.07 Å². The Morgan fingerprint density at radius 1 is 1.30 bits per heavy atom. The van der Waals surface area contributed by atoms with E-state index < -0.39 is 0 Å². The van der Waals surface area contributed by atoms with Gasteiger partial charge in [0.05, 0.1) is 11.6 Å². The summed E-state index contributed by atoms with van der Waals surface area (Å²) in [6, 6.07) is 13.5. The molecule has 2 aromatic rings. The van der Waals surface area contributed by atoms with Crippen LogP contribution in [0, 0.1) is 0 Å². The van der Waals surface area contributed by atoms with Crippen molar-refractivity contribution >= 4 is 35.1 Å². The lowest BCUT2D eigenvalue weighted by molar-refractivity contribution is 0.252. The summed E-state index contributed by atoms with van der Waals surface area (Å²) in [6.07, 6.45) is 2.58. The van der Waals surface area contributed by atoms with E-state index in [0.29, 0.717) is 29.4 Å². The van der Waals surface area contributed by atoms with Crippen molar-refractivity contribution in [2.75, 3.05) is 29.1 Å². The second-order valence-corrected chi connectivity index (χ2v) is 6.98. The number of aromatic nitrogens is 1. The molecule has 2 amide bonds. The number of nitrogen functional groups attached to an aromatic ring is 1. The summed E-state index contributed by atoms with van der Waals surface area (Å²) in [5.41, 5.74) is 13.0. The number of carbonyl (C=O) groups is 1. The SMILES string of the molecule is CCNC(=O)Nc1cc(N)c(C(N)=NC2CCSC2)cn1.c1ccccc1. The van der Waals surface area contributed by atoms with Crippen LogP contribution in [-0.4, -0.2) is 40.9 Å². The van der Waals surface area contributed by atoms with Gasteiger partial charge in [-0.3, -0.25) is 10.3 Å². The van der Waals surface area contributed by atoms with Gasteiger partial charge in [-0.25, -0.2) is 9.78 Å². The highest BCUT2D eigenvalue weighted by atomic mass is 32.2. The molecule has 3 rings (SSSR count). The fourth-order valence-corrected chi connectivity index (χ4v) is 3.47. The highest BCUT2D eigenvalue weighted by Gasteiger charge is 2.16. The molecular formula is C19H26N6OS. The second-order valence-electron chi connectivity index (χ2n) is 5.83. The number of anilines is 2. The fourth-order valence-electron chi connectivity index (χ4n) is 2.35. The van der Waals surface area contributed by atoms with Gasteiger partial charge in [-0.05, 0) is 19.1 Å². The number of aliphatic imine (C=N–C) groups is 1. The van der Waals surface area contributed by atoms with Gasteiger partial charge in [-0.1, -0.05) is 36.4 Å². The van der Waals surface area contributed by atoms with Gasteiger partial charge in [0.15, 0.2) is 0 Å². The Morgan fingerprint density at radius 2 is 1.96 bits per heavy atom. The van der Waals surface area contributed by atoms with Gasteiger partial charge < -0.3 is 16.8 Å². The van der Waals surface area contributed by atoms with Crippen LogP contribution in [0.3, 0.4) is 0 Å². The molecule has 0 saturated carbocycles. The summed E-state index contributed by atoms with van der Waals surface area (Å²) in [5.74, 6) is 2.89. The first-order chi connectivity index (χ1) is 13.1. The summed E-state index contributed by atoms with van der Waals surface area (Å²) in [6.45, 7) is 2.38. The van der Waals surface area contributed by atoms with Crippen molar-refractivity contribution in [3.63, 3.8) is 0 Å². The summed E-state index contributed by atoms with van der Waals surface area (Å²) in [7, 11) is 0. The zero-order valence-electron chi connectivity index (χ0n) is 15.4. The van der Waals surface area contributed by atoms with Crippen LogP contribution < -0.4 is 22.1 Å². The maximum absolute atomic E-state index is 11.4. The summed E-state index contributed by atoms with van der Waals surface area (Å²) in [4.78, 5) is 20.0. The van der Waals surface area contributed by atoms with Crippen LogP contribution in [0.1, 0.15) is 18.9 Å². The van der Waals surface area contributed by atoms with Gasteiger partial charge in [0.25, 0.3) is 0 Å². The molecular weight excluding hydrogens is 360 g/mol. The molecule has 1 unspecified atom stereocenters. The van der Waals surface area contributed by atoms with Crippen LogP contribution in [0.15, 0.2) is 53.7 Å². The largest absolute Gasteiger partial charge is 0.398 e. The molecule has 1 aromatic carbocycles. The molecule has 6 N–H and O–H groups in total. The van der Waals surface area contributed by atoms with Crippen molar-refractivity contribution in [1.29, 1.82) is 0 Å². The normalized spacial score (nSPS) is 16.2. The first kappa shape index (κ1) is 20.6. The van der Waals surface area contributed by atoms with Gasteiger partial charge in [-0.15, -0.1) is 0 Å². The molecule has 0 bridgehead atoms. The Balaban J connectivity index is 0.000000369. The average Bonchev–Trinajstić information content (AvgIpc) is 3.17. The minimum Gasteiger partial charge on any atom is -0.398 e. The molecule has 1 aliphatic heterocycles. The predicted molar refractivity (Wildman–Crippen MR) is 114 cm³/mol. The van der Waals surface area contributed by atoms with E-state index in [4.69, 9.17) is 11.5 Å². The molecule has 1 aromatic heterocycles. The number of benzene rings is 1. The molecule has 2 heterocycles.